The normalized spacial score (nSPS) is 14.5. The van der Waals surface area contributed by atoms with Gasteiger partial charge >= 0.3 is 0 Å². The minimum absolute atomic E-state index is 0.0269. The molecule has 27 heavy (non-hydrogen) atoms. The van der Waals surface area contributed by atoms with Crippen molar-refractivity contribution in [1.82, 2.24) is 15.5 Å². The summed E-state index contributed by atoms with van der Waals surface area (Å²) in [7, 11) is 0. The van der Waals surface area contributed by atoms with E-state index in [1.54, 1.807) is 11.3 Å². The quantitative estimate of drug-likeness (QED) is 0.555. The number of nitrogens with one attached hydrogen (secondary N) is 1. The van der Waals surface area contributed by atoms with Gasteiger partial charge in [-0.1, -0.05) is 65.0 Å². The van der Waals surface area contributed by atoms with Gasteiger partial charge in [-0.25, -0.2) is 0 Å². The lowest BCUT2D eigenvalue weighted by atomic mass is 9.85. The van der Waals surface area contributed by atoms with Gasteiger partial charge in [-0.15, -0.1) is 21.5 Å². The summed E-state index contributed by atoms with van der Waals surface area (Å²) in [5, 5.41) is 14.1. The van der Waals surface area contributed by atoms with E-state index >= 15 is 0 Å². The van der Waals surface area contributed by atoms with Crippen LogP contribution in [0.25, 0.3) is 10.8 Å². The molecule has 2 atom stereocenters. The average Bonchev–Trinajstić information content (AvgIpc) is 3.29. The van der Waals surface area contributed by atoms with Crippen LogP contribution in [0, 0.1) is 5.92 Å². The zero-order valence-electron chi connectivity index (χ0n) is 17.0. The van der Waals surface area contributed by atoms with Crippen LogP contribution in [0.15, 0.2) is 46.2 Å². The molecule has 0 unspecified atom stereocenters. The molecule has 0 aliphatic heterocycles. The van der Waals surface area contributed by atoms with Gasteiger partial charge in [-0.3, -0.25) is 5.32 Å². The molecule has 3 aromatic rings. The molecule has 0 saturated heterocycles. The van der Waals surface area contributed by atoms with Crippen molar-refractivity contribution in [1.29, 1.82) is 0 Å². The van der Waals surface area contributed by atoms with Gasteiger partial charge in [0, 0.05) is 6.04 Å². The van der Waals surface area contributed by atoms with Crippen molar-refractivity contribution in [3.8, 4) is 10.8 Å². The van der Waals surface area contributed by atoms with Crippen molar-refractivity contribution >= 4 is 11.3 Å². The lowest BCUT2D eigenvalue weighted by Crippen LogP contribution is -2.28. The van der Waals surface area contributed by atoms with Gasteiger partial charge < -0.3 is 4.42 Å². The highest BCUT2D eigenvalue weighted by Gasteiger charge is 2.23. The molecule has 0 spiro atoms. The maximum atomic E-state index is 5.90. The number of thiophene rings is 1. The Morgan fingerprint density at radius 1 is 1.00 bits per heavy atom. The van der Waals surface area contributed by atoms with Crippen LogP contribution < -0.4 is 5.32 Å². The molecule has 3 rings (SSSR count). The van der Waals surface area contributed by atoms with Crippen LogP contribution in [-0.2, 0) is 5.41 Å². The number of rotatable bonds is 6. The molecular formula is C22H29N3OS. The van der Waals surface area contributed by atoms with Crippen LogP contribution in [0.5, 0.6) is 0 Å². The Morgan fingerprint density at radius 2 is 1.70 bits per heavy atom. The van der Waals surface area contributed by atoms with Crippen molar-refractivity contribution < 1.29 is 4.42 Å². The molecule has 0 amide bonds. The molecule has 1 N–H and O–H groups in total. The molecule has 5 heteroatoms. The predicted octanol–water partition coefficient (Wildman–Crippen LogP) is 6.14. The standard InChI is InChI=1S/C22H29N3OS/c1-14(2)19(16-9-11-17(12-10-16)22(4,5)6)23-15(3)20-24-25-21(26-20)18-8-7-13-27-18/h7-15,19,23H,1-6H3/t15-,19-/m1/s1. The fourth-order valence-corrected chi connectivity index (χ4v) is 3.76. The van der Waals surface area contributed by atoms with Crippen LogP contribution in [0.1, 0.15) is 70.6 Å². The second kappa shape index (κ2) is 7.95. The molecule has 0 aliphatic carbocycles. The lowest BCUT2D eigenvalue weighted by molar-refractivity contribution is 0.335. The smallest absolute Gasteiger partial charge is 0.257 e. The van der Waals surface area contributed by atoms with E-state index in [-0.39, 0.29) is 17.5 Å². The Hall–Kier alpha value is -1.98. The van der Waals surface area contributed by atoms with Crippen LogP contribution in [0.2, 0.25) is 0 Å². The zero-order chi connectivity index (χ0) is 19.6. The first-order valence-electron chi connectivity index (χ1n) is 9.49. The summed E-state index contributed by atoms with van der Waals surface area (Å²) in [5.74, 6) is 1.65. The maximum Gasteiger partial charge on any atom is 0.257 e. The van der Waals surface area contributed by atoms with Crippen molar-refractivity contribution in [2.24, 2.45) is 5.92 Å². The molecule has 0 fully saturated rings. The first-order chi connectivity index (χ1) is 12.8. The van der Waals surface area contributed by atoms with Gasteiger partial charge in [0.15, 0.2) is 0 Å². The van der Waals surface area contributed by atoms with E-state index in [4.69, 9.17) is 4.42 Å². The van der Waals surface area contributed by atoms with E-state index in [1.807, 2.05) is 17.5 Å². The summed E-state index contributed by atoms with van der Waals surface area (Å²) in [4.78, 5) is 0.999. The van der Waals surface area contributed by atoms with Crippen molar-refractivity contribution in [2.75, 3.05) is 0 Å². The van der Waals surface area contributed by atoms with E-state index in [0.717, 1.165) is 4.88 Å². The second-order valence-corrected chi connectivity index (χ2v) is 9.35. The summed E-state index contributed by atoms with van der Waals surface area (Å²) in [6.07, 6.45) is 0. The van der Waals surface area contributed by atoms with Gasteiger partial charge in [0.1, 0.15) is 0 Å². The molecule has 0 radical (unpaired) electrons. The Bertz CT molecular complexity index is 845. The molecular weight excluding hydrogens is 354 g/mol. The fraction of sp³-hybridized carbons (Fsp3) is 0.455. The number of nitrogens with zero attached hydrogens (tertiary/aromatic N) is 2. The molecule has 2 heterocycles. The minimum Gasteiger partial charge on any atom is -0.418 e. The third-order valence-corrected chi connectivity index (χ3v) is 5.63. The SMILES string of the molecule is CC(C)[C@@H](N[C@H](C)c1nnc(-c2cccs2)o1)c1ccc(C(C)(C)C)cc1. The largest absolute Gasteiger partial charge is 0.418 e. The highest BCUT2D eigenvalue weighted by molar-refractivity contribution is 7.13. The summed E-state index contributed by atoms with van der Waals surface area (Å²) in [6.45, 7) is 13.2. The Balaban J connectivity index is 1.76. The highest BCUT2D eigenvalue weighted by Crippen LogP contribution is 2.30. The van der Waals surface area contributed by atoms with Crippen LogP contribution in [0.3, 0.4) is 0 Å². The van der Waals surface area contributed by atoms with Gasteiger partial charge in [-0.05, 0) is 40.8 Å². The summed E-state index contributed by atoms with van der Waals surface area (Å²) in [6, 6.07) is 13.1. The van der Waals surface area contributed by atoms with E-state index < -0.39 is 0 Å². The number of benzene rings is 1. The third-order valence-electron chi connectivity index (χ3n) is 4.78. The number of hydrogen-bond acceptors (Lipinski definition) is 5. The Morgan fingerprint density at radius 3 is 2.26 bits per heavy atom. The summed E-state index contributed by atoms with van der Waals surface area (Å²) in [5.41, 5.74) is 2.79. The molecule has 0 bridgehead atoms. The predicted molar refractivity (Wildman–Crippen MR) is 112 cm³/mol. The molecule has 1 aromatic carbocycles. The average molecular weight is 384 g/mol. The maximum absolute atomic E-state index is 5.90. The second-order valence-electron chi connectivity index (χ2n) is 8.40. The summed E-state index contributed by atoms with van der Waals surface area (Å²) >= 11 is 1.60. The van der Waals surface area contributed by atoms with E-state index in [0.29, 0.717) is 17.7 Å². The summed E-state index contributed by atoms with van der Waals surface area (Å²) < 4.78 is 5.90. The van der Waals surface area contributed by atoms with Crippen LogP contribution in [0.4, 0.5) is 0 Å². The van der Waals surface area contributed by atoms with Crippen molar-refractivity contribution in [3.05, 3.63) is 58.8 Å². The van der Waals surface area contributed by atoms with Crippen LogP contribution in [-0.4, -0.2) is 10.2 Å². The highest BCUT2D eigenvalue weighted by atomic mass is 32.1. The number of aromatic nitrogens is 2. The van der Waals surface area contributed by atoms with Crippen molar-refractivity contribution in [3.63, 3.8) is 0 Å². The van der Waals surface area contributed by atoms with E-state index in [2.05, 4.69) is 81.3 Å². The lowest BCUT2D eigenvalue weighted by Gasteiger charge is -2.27. The van der Waals surface area contributed by atoms with Gasteiger partial charge in [-0.2, -0.15) is 0 Å². The molecule has 144 valence electrons. The van der Waals surface area contributed by atoms with Gasteiger partial charge in [0.2, 0.25) is 5.89 Å². The first-order valence-corrected chi connectivity index (χ1v) is 10.4. The minimum atomic E-state index is -0.0269. The first kappa shape index (κ1) is 19.8. The Labute approximate surface area is 166 Å². The zero-order valence-corrected chi connectivity index (χ0v) is 17.8. The van der Waals surface area contributed by atoms with Crippen LogP contribution >= 0.6 is 11.3 Å². The molecule has 0 saturated carbocycles. The molecule has 0 aliphatic rings. The topological polar surface area (TPSA) is 51.0 Å². The molecule has 2 aromatic heterocycles. The fourth-order valence-electron chi connectivity index (χ4n) is 3.11. The van der Waals surface area contributed by atoms with Gasteiger partial charge in [0.25, 0.3) is 5.89 Å². The Kier molecular flexibility index (Phi) is 5.82. The molecule has 4 nitrogen and oxygen atoms in total. The van der Waals surface area contributed by atoms with E-state index in [1.165, 1.54) is 11.1 Å². The van der Waals surface area contributed by atoms with E-state index in [9.17, 15) is 0 Å². The third kappa shape index (κ3) is 4.66. The monoisotopic (exact) mass is 383 g/mol. The number of hydrogen-bond donors (Lipinski definition) is 1. The van der Waals surface area contributed by atoms with Crippen molar-refractivity contribution in [2.45, 2.75) is 59.0 Å². The van der Waals surface area contributed by atoms with Gasteiger partial charge in [0.05, 0.1) is 10.9 Å².